The van der Waals surface area contributed by atoms with E-state index in [2.05, 4.69) is 37.1 Å². The molecule has 3 atom stereocenters. The number of nitrogens with zero attached hydrogens (tertiary/aromatic N) is 1. The number of benzene rings is 1. The highest BCUT2D eigenvalue weighted by atomic mass is 16.5. The van der Waals surface area contributed by atoms with E-state index >= 15 is 0 Å². The molecular formula is C17H28N2O. The third-order valence-electron chi connectivity index (χ3n) is 4.44. The lowest BCUT2D eigenvalue weighted by atomic mass is 9.79. The molecule has 0 radical (unpaired) electrons. The first-order chi connectivity index (χ1) is 9.58. The summed E-state index contributed by atoms with van der Waals surface area (Å²) in [4.78, 5) is 2.39. The van der Waals surface area contributed by atoms with Gasteiger partial charge in [-0.25, -0.2) is 0 Å². The number of ether oxygens (including phenoxy) is 1. The van der Waals surface area contributed by atoms with Crippen molar-refractivity contribution < 1.29 is 4.74 Å². The van der Waals surface area contributed by atoms with Crippen molar-refractivity contribution >= 4 is 0 Å². The lowest BCUT2D eigenvalue weighted by Crippen LogP contribution is -2.41. The Labute approximate surface area is 123 Å². The minimum atomic E-state index is 0.374. The van der Waals surface area contributed by atoms with Crippen molar-refractivity contribution in [2.24, 2.45) is 17.6 Å². The van der Waals surface area contributed by atoms with Crippen molar-refractivity contribution in [3.8, 4) is 5.75 Å². The van der Waals surface area contributed by atoms with E-state index in [9.17, 15) is 0 Å². The van der Waals surface area contributed by atoms with Gasteiger partial charge >= 0.3 is 0 Å². The van der Waals surface area contributed by atoms with Crippen LogP contribution in [0.1, 0.15) is 31.7 Å². The van der Waals surface area contributed by atoms with Gasteiger partial charge in [0.1, 0.15) is 5.75 Å². The van der Waals surface area contributed by atoms with Gasteiger partial charge < -0.3 is 15.4 Å². The van der Waals surface area contributed by atoms with Gasteiger partial charge in [0.15, 0.2) is 0 Å². The highest BCUT2D eigenvalue weighted by Crippen LogP contribution is 2.28. The second kappa shape index (κ2) is 7.09. The van der Waals surface area contributed by atoms with Gasteiger partial charge in [0.25, 0.3) is 0 Å². The van der Waals surface area contributed by atoms with Gasteiger partial charge in [-0.1, -0.05) is 19.1 Å². The number of hydrogen-bond acceptors (Lipinski definition) is 3. The van der Waals surface area contributed by atoms with Crippen LogP contribution in [0.2, 0.25) is 0 Å². The van der Waals surface area contributed by atoms with Crippen LogP contribution in [-0.2, 0) is 6.54 Å². The smallest absolute Gasteiger partial charge is 0.119 e. The first-order valence-corrected chi connectivity index (χ1v) is 7.65. The van der Waals surface area contributed by atoms with Gasteiger partial charge in [0, 0.05) is 19.1 Å². The lowest BCUT2D eigenvalue weighted by Gasteiger charge is -2.35. The average Bonchev–Trinajstić information content (AvgIpc) is 2.43. The van der Waals surface area contributed by atoms with Crippen molar-refractivity contribution in [1.82, 2.24) is 4.90 Å². The Hall–Kier alpha value is -1.06. The second-order valence-corrected chi connectivity index (χ2v) is 6.39. The summed E-state index contributed by atoms with van der Waals surface area (Å²) in [6.07, 6.45) is 3.74. The molecule has 3 unspecified atom stereocenters. The van der Waals surface area contributed by atoms with E-state index in [1.165, 1.54) is 24.8 Å². The molecule has 0 saturated heterocycles. The molecule has 2 rings (SSSR count). The van der Waals surface area contributed by atoms with E-state index < -0.39 is 0 Å². The molecule has 2 N–H and O–H groups in total. The lowest BCUT2D eigenvalue weighted by molar-refractivity contribution is 0.177. The van der Waals surface area contributed by atoms with E-state index in [4.69, 9.17) is 10.5 Å². The van der Waals surface area contributed by atoms with Gasteiger partial charge in [-0.3, -0.25) is 0 Å². The fourth-order valence-electron chi connectivity index (χ4n) is 3.28. The largest absolute Gasteiger partial charge is 0.497 e. The van der Waals surface area contributed by atoms with Crippen LogP contribution in [0.5, 0.6) is 5.75 Å². The van der Waals surface area contributed by atoms with Crippen molar-refractivity contribution in [3.05, 3.63) is 29.8 Å². The Bertz CT molecular complexity index is 421. The third kappa shape index (κ3) is 4.22. The Morgan fingerprint density at radius 2 is 2.15 bits per heavy atom. The molecule has 0 spiro atoms. The average molecular weight is 276 g/mol. The zero-order valence-electron chi connectivity index (χ0n) is 13.0. The number of methoxy groups -OCH3 is 1. The van der Waals surface area contributed by atoms with Gasteiger partial charge in [0.2, 0.25) is 0 Å². The van der Waals surface area contributed by atoms with Crippen LogP contribution in [0.15, 0.2) is 24.3 Å². The summed E-state index contributed by atoms with van der Waals surface area (Å²) in [6, 6.07) is 8.68. The minimum absolute atomic E-state index is 0.374. The minimum Gasteiger partial charge on any atom is -0.497 e. The fourth-order valence-corrected chi connectivity index (χ4v) is 3.28. The number of hydrogen-bond donors (Lipinski definition) is 1. The number of rotatable bonds is 5. The molecule has 1 aliphatic rings. The van der Waals surface area contributed by atoms with Gasteiger partial charge in [0.05, 0.1) is 7.11 Å². The third-order valence-corrected chi connectivity index (χ3v) is 4.44. The van der Waals surface area contributed by atoms with Gasteiger partial charge in [-0.15, -0.1) is 0 Å². The summed E-state index contributed by atoms with van der Waals surface area (Å²) < 4.78 is 5.28. The summed E-state index contributed by atoms with van der Waals surface area (Å²) in [5.41, 5.74) is 7.58. The van der Waals surface area contributed by atoms with Crippen LogP contribution < -0.4 is 10.5 Å². The maximum absolute atomic E-state index is 6.28. The van der Waals surface area contributed by atoms with Crippen LogP contribution in [-0.4, -0.2) is 31.6 Å². The molecule has 3 heteroatoms. The zero-order chi connectivity index (χ0) is 14.5. The highest BCUT2D eigenvalue weighted by molar-refractivity contribution is 5.28. The molecule has 0 amide bonds. The molecule has 1 aliphatic carbocycles. The van der Waals surface area contributed by atoms with E-state index in [1.807, 2.05) is 6.07 Å². The molecule has 3 nitrogen and oxygen atoms in total. The van der Waals surface area contributed by atoms with Crippen LogP contribution in [0.25, 0.3) is 0 Å². The summed E-state index contributed by atoms with van der Waals surface area (Å²) in [5, 5.41) is 0. The maximum Gasteiger partial charge on any atom is 0.119 e. The van der Waals surface area contributed by atoms with E-state index in [0.29, 0.717) is 12.0 Å². The molecule has 1 aromatic carbocycles. The summed E-state index contributed by atoms with van der Waals surface area (Å²) in [7, 11) is 3.90. The summed E-state index contributed by atoms with van der Waals surface area (Å²) >= 11 is 0. The Balaban J connectivity index is 1.89. The monoisotopic (exact) mass is 276 g/mol. The molecule has 0 bridgehead atoms. The molecule has 1 saturated carbocycles. The molecule has 1 aromatic rings. The van der Waals surface area contributed by atoms with Crippen LogP contribution in [0.3, 0.4) is 0 Å². The second-order valence-electron chi connectivity index (χ2n) is 6.39. The first kappa shape index (κ1) is 15.3. The van der Waals surface area contributed by atoms with Crippen molar-refractivity contribution in [3.63, 3.8) is 0 Å². The van der Waals surface area contributed by atoms with Crippen LogP contribution >= 0.6 is 0 Å². The molecule has 0 aromatic heterocycles. The molecule has 1 fully saturated rings. The number of nitrogens with two attached hydrogens (primary N) is 1. The van der Waals surface area contributed by atoms with Gasteiger partial charge in [-0.2, -0.15) is 0 Å². The normalized spacial score (nSPS) is 26.8. The molecular weight excluding hydrogens is 248 g/mol. The molecule has 0 aliphatic heterocycles. The fraction of sp³-hybridized carbons (Fsp3) is 0.647. The highest BCUT2D eigenvalue weighted by Gasteiger charge is 2.26. The predicted octanol–water partition coefficient (Wildman–Crippen LogP) is 2.89. The van der Waals surface area contributed by atoms with Gasteiger partial charge in [-0.05, 0) is 55.8 Å². The van der Waals surface area contributed by atoms with Crippen molar-refractivity contribution in [2.45, 2.75) is 38.8 Å². The molecule has 0 heterocycles. The molecule has 20 heavy (non-hydrogen) atoms. The Kier molecular flexibility index (Phi) is 5.44. The topological polar surface area (TPSA) is 38.5 Å². The standard InChI is InChI=1S/C17H28N2O/c1-13-7-8-17(18)15(9-13)12-19(2)11-14-5-4-6-16(10-14)20-3/h4-6,10,13,15,17H,7-9,11-12,18H2,1-3H3. The predicted molar refractivity (Wildman–Crippen MR) is 83.8 cm³/mol. The molecule has 112 valence electrons. The Morgan fingerprint density at radius 3 is 2.90 bits per heavy atom. The van der Waals surface area contributed by atoms with Crippen LogP contribution in [0, 0.1) is 11.8 Å². The van der Waals surface area contributed by atoms with Crippen molar-refractivity contribution in [2.75, 3.05) is 20.7 Å². The zero-order valence-corrected chi connectivity index (χ0v) is 13.0. The first-order valence-electron chi connectivity index (χ1n) is 7.65. The maximum atomic E-state index is 6.28. The van der Waals surface area contributed by atoms with Crippen LogP contribution in [0.4, 0.5) is 0 Å². The summed E-state index contributed by atoms with van der Waals surface area (Å²) in [5.74, 6) is 2.39. The van der Waals surface area contributed by atoms with E-state index in [1.54, 1.807) is 7.11 Å². The van der Waals surface area contributed by atoms with Crippen molar-refractivity contribution in [1.29, 1.82) is 0 Å². The Morgan fingerprint density at radius 1 is 1.35 bits per heavy atom. The van der Waals surface area contributed by atoms with E-state index in [0.717, 1.165) is 24.8 Å². The summed E-state index contributed by atoms with van der Waals surface area (Å²) in [6.45, 7) is 4.39. The van der Waals surface area contributed by atoms with E-state index in [-0.39, 0.29) is 0 Å². The SMILES string of the molecule is COc1cccc(CN(C)CC2CC(C)CCC2N)c1. The quantitative estimate of drug-likeness (QED) is 0.898.